The molecule has 1 N–H and O–H groups in total. The molecule has 140 valence electrons. The molecule has 0 bridgehead atoms. The van der Waals surface area contributed by atoms with E-state index in [4.69, 9.17) is 9.47 Å². The molecule has 2 aromatic carbocycles. The summed E-state index contributed by atoms with van der Waals surface area (Å²) in [6, 6.07) is 11.0. The van der Waals surface area contributed by atoms with Crippen LogP contribution in [-0.2, 0) is 21.2 Å². The third-order valence-electron chi connectivity index (χ3n) is 3.86. The van der Waals surface area contributed by atoms with Crippen molar-refractivity contribution in [3.8, 4) is 11.5 Å². The van der Waals surface area contributed by atoms with Crippen molar-refractivity contribution in [2.24, 2.45) is 0 Å². The van der Waals surface area contributed by atoms with Crippen LogP contribution in [0.25, 0.3) is 0 Å². The van der Waals surface area contributed by atoms with Gasteiger partial charge in [0.2, 0.25) is 0 Å². The summed E-state index contributed by atoms with van der Waals surface area (Å²) in [7, 11) is -1.28. The lowest BCUT2D eigenvalue weighted by Gasteiger charge is -2.25. The number of carboxylic acid groups (broad SMARTS) is 1. The van der Waals surface area contributed by atoms with Crippen LogP contribution in [0.5, 0.6) is 11.5 Å². The van der Waals surface area contributed by atoms with E-state index < -0.39 is 22.5 Å². The van der Waals surface area contributed by atoms with Crippen LogP contribution in [-0.4, -0.2) is 40.3 Å². The highest BCUT2D eigenvalue weighted by molar-refractivity contribution is 7.92. The number of anilines is 1. The first-order valence-corrected chi connectivity index (χ1v) is 9.33. The molecule has 26 heavy (non-hydrogen) atoms. The molecule has 0 aliphatic rings. The van der Waals surface area contributed by atoms with E-state index >= 15 is 0 Å². The van der Waals surface area contributed by atoms with Crippen LogP contribution in [0, 0.1) is 0 Å². The molecule has 2 aromatic rings. The zero-order chi connectivity index (χ0) is 19.3. The van der Waals surface area contributed by atoms with Gasteiger partial charge in [0.05, 0.1) is 24.8 Å². The normalized spacial score (nSPS) is 11.0. The summed E-state index contributed by atoms with van der Waals surface area (Å²) in [4.78, 5) is 11.3. The fraction of sp³-hybridized carbons (Fsp3) is 0.278. The second-order valence-electron chi connectivity index (χ2n) is 5.40. The van der Waals surface area contributed by atoms with Crippen LogP contribution >= 0.6 is 0 Å². The zero-order valence-electron chi connectivity index (χ0n) is 14.8. The summed E-state index contributed by atoms with van der Waals surface area (Å²) in [5.41, 5.74) is 1.07. The van der Waals surface area contributed by atoms with Crippen molar-refractivity contribution in [2.45, 2.75) is 18.2 Å². The number of sulfonamides is 1. The lowest BCUT2D eigenvalue weighted by atomic mass is 10.1. The number of para-hydroxylation sites is 1. The minimum Gasteiger partial charge on any atom is -0.493 e. The third-order valence-corrected chi connectivity index (χ3v) is 5.62. The van der Waals surface area contributed by atoms with E-state index in [1.807, 2.05) is 6.92 Å². The maximum Gasteiger partial charge on any atom is 0.324 e. The number of carboxylic acids is 1. The van der Waals surface area contributed by atoms with Crippen LogP contribution in [0.3, 0.4) is 0 Å². The van der Waals surface area contributed by atoms with Gasteiger partial charge in [0.1, 0.15) is 6.54 Å². The fourth-order valence-electron chi connectivity index (χ4n) is 2.58. The molecule has 0 saturated heterocycles. The summed E-state index contributed by atoms with van der Waals surface area (Å²) in [6.07, 6.45) is 0.563. The van der Waals surface area contributed by atoms with Crippen molar-refractivity contribution in [1.82, 2.24) is 0 Å². The largest absolute Gasteiger partial charge is 0.493 e. The third kappa shape index (κ3) is 3.91. The summed E-state index contributed by atoms with van der Waals surface area (Å²) >= 11 is 0. The topological polar surface area (TPSA) is 93.1 Å². The zero-order valence-corrected chi connectivity index (χ0v) is 15.6. The van der Waals surface area contributed by atoms with Crippen molar-refractivity contribution in [3.63, 3.8) is 0 Å². The molecule has 7 nitrogen and oxygen atoms in total. The number of hydrogen-bond donors (Lipinski definition) is 1. The number of hydrogen-bond acceptors (Lipinski definition) is 5. The number of benzene rings is 2. The number of aryl methyl sites for hydroxylation is 1. The second kappa shape index (κ2) is 8.09. The first-order chi connectivity index (χ1) is 12.3. The SMILES string of the molecule is CCc1ccccc1N(CC(=O)O)S(=O)(=O)c1ccc(OC)c(OC)c1. The molecule has 0 aromatic heterocycles. The Morgan fingerprint density at radius 2 is 1.73 bits per heavy atom. The van der Waals surface area contributed by atoms with Crippen molar-refractivity contribution in [1.29, 1.82) is 0 Å². The molecule has 0 amide bonds. The Bertz CT molecular complexity index is 894. The molecular formula is C18H21NO6S. The molecule has 0 radical (unpaired) electrons. The van der Waals surface area contributed by atoms with Gasteiger partial charge >= 0.3 is 5.97 Å². The summed E-state index contributed by atoms with van der Waals surface area (Å²) in [5, 5.41) is 9.25. The molecule has 8 heteroatoms. The number of methoxy groups -OCH3 is 2. The number of carbonyl (C=O) groups is 1. The smallest absolute Gasteiger partial charge is 0.324 e. The monoisotopic (exact) mass is 379 g/mol. The summed E-state index contributed by atoms with van der Waals surface area (Å²) in [5.74, 6) is -0.627. The minimum atomic E-state index is -4.12. The lowest BCUT2D eigenvalue weighted by Crippen LogP contribution is -2.36. The van der Waals surface area contributed by atoms with Crippen LogP contribution in [0.1, 0.15) is 12.5 Å². The Labute approximate surface area is 152 Å². The van der Waals surface area contributed by atoms with Crippen LogP contribution in [0.2, 0.25) is 0 Å². The fourth-order valence-corrected chi connectivity index (χ4v) is 4.05. The predicted molar refractivity (Wildman–Crippen MR) is 97.5 cm³/mol. The first kappa shape index (κ1) is 19.6. The molecule has 0 spiro atoms. The van der Waals surface area contributed by atoms with Gasteiger partial charge in [-0.25, -0.2) is 8.42 Å². The first-order valence-electron chi connectivity index (χ1n) is 7.89. The van der Waals surface area contributed by atoms with Crippen LogP contribution < -0.4 is 13.8 Å². The maximum absolute atomic E-state index is 13.2. The van der Waals surface area contributed by atoms with Crippen molar-refractivity contribution in [3.05, 3.63) is 48.0 Å². The molecule has 0 aliphatic heterocycles. The van der Waals surface area contributed by atoms with Crippen LogP contribution in [0.4, 0.5) is 5.69 Å². The number of ether oxygens (including phenoxy) is 2. The van der Waals surface area contributed by atoms with Crippen molar-refractivity contribution < 1.29 is 27.8 Å². The van der Waals surface area contributed by atoms with Gasteiger partial charge in [-0.15, -0.1) is 0 Å². The molecule has 0 unspecified atom stereocenters. The highest BCUT2D eigenvalue weighted by Crippen LogP contribution is 2.33. The highest BCUT2D eigenvalue weighted by atomic mass is 32.2. The number of rotatable bonds is 8. The van der Waals surface area contributed by atoms with E-state index in [1.165, 1.54) is 32.4 Å². The average molecular weight is 379 g/mol. The maximum atomic E-state index is 13.2. The van der Waals surface area contributed by atoms with Gasteiger partial charge in [-0.2, -0.15) is 0 Å². The van der Waals surface area contributed by atoms with Crippen molar-refractivity contribution >= 4 is 21.7 Å². The Hall–Kier alpha value is -2.74. The summed E-state index contributed by atoms with van der Waals surface area (Å²) < 4.78 is 37.5. The molecule has 2 rings (SSSR count). The van der Waals surface area contributed by atoms with E-state index in [0.29, 0.717) is 17.9 Å². The summed E-state index contributed by atoms with van der Waals surface area (Å²) in [6.45, 7) is 1.19. The van der Waals surface area contributed by atoms with E-state index in [2.05, 4.69) is 0 Å². The Balaban J connectivity index is 2.62. The minimum absolute atomic E-state index is 0.0812. The van der Waals surface area contributed by atoms with Gasteiger partial charge in [-0.1, -0.05) is 25.1 Å². The molecular weight excluding hydrogens is 358 g/mol. The van der Waals surface area contributed by atoms with Gasteiger partial charge in [-0.05, 0) is 30.2 Å². The standard InChI is InChI=1S/C18H21NO6S/c1-4-13-7-5-6-8-15(13)19(12-18(20)21)26(22,23)14-9-10-16(24-2)17(11-14)25-3/h5-11H,4,12H2,1-3H3,(H,20,21). The number of nitrogens with zero attached hydrogens (tertiary/aromatic N) is 1. The average Bonchev–Trinajstić information content (AvgIpc) is 2.65. The lowest BCUT2D eigenvalue weighted by molar-refractivity contribution is -0.135. The van der Waals surface area contributed by atoms with Gasteiger partial charge < -0.3 is 14.6 Å². The molecule has 0 atom stereocenters. The van der Waals surface area contributed by atoms with Gasteiger partial charge in [0.25, 0.3) is 10.0 Å². The predicted octanol–water partition coefficient (Wildman–Crippen LogP) is 2.55. The highest BCUT2D eigenvalue weighted by Gasteiger charge is 2.29. The molecule has 0 aliphatic carbocycles. The van der Waals surface area contributed by atoms with E-state index in [1.54, 1.807) is 24.3 Å². The van der Waals surface area contributed by atoms with E-state index in [0.717, 1.165) is 9.87 Å². The molecule has 0 fully saturated rings. The van der Waals surface area contributed by atoms with Gasteiger partial charge in [0.15, 0.2) is 11.5 Å². The molecule has 0 heterocycles. The van der Waals surface area contributed by atoms with E-state index in [-0.39, 0.29) is 10.6 Å². The Kier molecular flexibility index (Phi) is 6.10. The van der Waals surface area contributed by atoms with Gasteiger partial charge in [0, 0.05) is 6.07 Å². The van der Waals surface area contributed by atoms with E-state index in [9.17, 15) is 18.3 Å². The Morgan fingerprint density at radius 3 is 2.31 bits per heavy atom. The quantitative estimate of drug-likeness (QED) is 0.758. The van der Waals surface area contributed by atoms with Gasteiger partial charge in [-0.3, -0.25) is 9.10 Å². The second-order valence-corrected chi connectivity index (χ2v) is 7.27. The van der Waals surface area contributed by atoms with Crippen molar-refractivity contribution in [2.75, 3.05) is 25.1 Å². The number of aliphatic carboxylic acids is 1. The Morgan fingerprint density at radius 1 is 1.08 bits per heavy atom. The molecule has 0 saturated carbocycles. The van der Waals surface area contributed by atoms with Crippen LogP contribution in [0.15, 0.2) is 47.4 Å².